The van der Waals surface area contributed by atoms with Crippen molar-refractivity contribution in [3.8, 4) is 11.3 Å². The molecule has 16 nitrogen and oxygen atoms in total. The van der Waals surface area contributed by atoms with Crippen LogP contribution in [-0.2, 0) is 19.6 Å². The average Bonchev–Trinajstić information content (AvgIpc) is 3.73. The van der Waals surface area contributed by atoms with E-state index in [1.807, 2.05) is 36.3 Å². The highest BCUT2D eigenvalue weighted by Crippen LogP contribution is 2.36. The van der Waals surface area contributed by atoms with E-state index in [9.17, 15) is 27.6 Å². The number of carbonyl (C=O) groups is 4. The molecule has 5 aliphatic rings. The van der Waals surface area contributed by atoms with Gasteiger partial charge in [0.25, 0.3) is 11.8 Å². The molecule has 5 aliphatic heterocycles. The van der Waals surface area contributed by atoms with Gasteiger partial charge in [-0.1, -0.05) is 11.6 Å². The molecule has 2 aromatic heterocycles. The summed E-state index contributed by atoms with van der Waals surface area (Å²) in [6.07, 6.45) is 5.25. The number of likely N-dealkylation sites (tertiary alicyclic amines) is 1. The summed E-state index contributed by atoms with van der Waals surface area (Å²) >= 11 is 6.55. The van der Waals surface area contributed by atoms with Crippen LogP contribution in [0.25, 0.3) is 22.3 Å². The number of nitrogens with one attached hydrogen (secondary N) is 2. The maximum absolute atomic E-state index is 15.5. The lowest BCUT2D eigenvalue weighted by molar-refractivity contribution is -0.136. The van der Waals surface area contributed by atoms with Crippen LogP contribution in [0.3, 0.4) is 0 Å². The van der Waals surface area contributed by atoms with E-state index in [1.165, 1.54) is 18.3 Å². The molecule has 4 fully saturated rings. The second kappa shape index (κ2) is 17.4. The molecule has 0 radical (unpaired) electrons. The number of nitrogens with zero attached hydrogens (tertiary/aromatic N) is 8. The van der Waals surface area contributed by atoms with E-state index in [0.29, 0.717) is 105 Å². The van der Waals surface area contributed by atoms with Crippen LogP contribution in [0.1, 0.15) is 97.8 Å². The summed E-state index contributed by atoms with van der Waals surface area (Å²) < 4.78 is 62.1. The van der Waals surface area contributed by atoms with Crippen LogP contribution >= 0.6 is 11.6 Å². The molecule has 64 heavy (non-hydrogen) atoms. The number of rotatable bonds is 10. The Morgan fingerprint density at radius 1 is 0.859 bits per heavy atom. The fourth-order valence-electron chi connectivity index (χ4n) is 10.2. The molecule has 4 aromatic rings. The third-order valence-corrected chi connectivity index (χ3v) is 16.2. The van der Waals surface area contributed by atoms with Gasteiger partial charge in [0.2, 0.25) is 27.8 Å². The van der Waals surface area contributed by atoms with Gasteiger partial charge in [-0.15, -0.1) is 0 Å². The van der Waals surface area contributed by atoms with Gasteiger partial charge in [-0.05, 0) is 109 Å². The molecule has 0 aliphatic carbocycles. The summed E-state index contributed by atoms with van der Waals surface area (Å²) in [7, 11) is -3.52. The number of benzene rings is 2. The minimum absolute atomic E-state index is 0.00216. The molecule has 4 saturated heterocycles. The predicted molar refractivity (Wildman–Crippen MR) is 235 cm³/mol. The monoisotopic (exact) mass is 920 g/mol. The van der Waals surface area contributed by atoms with E-state index >= 15 is 8.78 Å². The molecule has 1 atom stereocenters. The lowest BCUT2D eigenvalue weighted by atomic mass is 9.94. The molecule has 2 N–H and O–H groups in total. The Bertz CT molecular complexity index is 2660. The van der Waals surface area contributed by atoms with E-state index in [0.717, 1.165) is 30.4 Å². The highest BCUT2D eigenvalue weighted by atomic mass is 35.5. The first-order valence-corrected chi connectivity index (χ1v) is 23.9. The van der Waals surface area contributed by atoms with Gasteiger partial charge < -0.3 is 19.7 Å². The Kier molecular flexibility index (Phi) is 12.0. The number of aryl methyl sites for hydroxylation is 1. The number of anilines is 2. The van der Waals surface area contributed by atoms with Crippen LogP contribution in [0.15, 0.2) is 30.5 Å². The number of aromatic nitrogens is 4. The van der Waals surface area contributed by atoms with E-state index < -0.39 is 56.6 Å². The lowest BCUT2D eigenvalue weighted by Gasteiger charge is -2.40. The fraction of sp³-hybridized carbons (Fsp3) is 0.523. The molecule has 4 amide bonds. The second-order valence-electron chi connectivity index (χ2n) is 17.9. The fourth-order valence-corrected chi connectivity index (χ4v) is 12.3. The van der Waals surface area contributed by atoms with Crippen LogP contribution in [0, 0.1) is 24.5 Å². The maximum atomic E-state index is 15.5. The highest BCUT2D eigenvalue weighted by Gasteiger charge is 2.46. The topological polar surface area (TPSA) is 183 Å². The molecule has 340 valence electrons. The van der Waals surface area contributed by atoms with Gasteiger partial charge in [0.05, 0.1) is 44.5 Å². The molecule has 0 spiro atoms. The Morgan fingerprint density at radius 2 is 1.55 bits per heavy atom. The van der Waals surface area contributed by atoms with E-state index in [2.05, 4.69) is 30.5 Å². The number of hydrogen-bond donors (Lipinski definition) is 2. The Labute approximate surface area is 374 Å². The van der Waals surface area contributed by atoms with Gasteiger partial charge in [-0.25, -0.2) is 36.5 Å². The quantitative estimate of drug-likeness (QED) is 0.196. The van der Waals surface area contributed by atoms with Crippen LogP contribution in [0.4, 0.5) is 20.4 Å². The summed E-state index contributed by atoms with van der Waals surface area (Å²) in [4.78, 5) is 69.1. The Hall–Kier alpha value is -5.11. The molecular formula is C44H51ClF2N10O6S. The number of sulfonamides is 1. The number of carbonyl (C=O) groups excluding carboxylic acids is 4. The van der Waals surface area contributed by atoms with Gasteiger partial charge in [0, 0.05) is 56.8 Å². The van der Waals surface area contributed by atoms with Crippen molar-refractivity contribution in [2.75, 3.05) is 56.0 Å². The lowest BCUT2D eigenvalue weighted by Crippen LogP contribution is -2.54. The Morgan fingerprint density at radius 3 is 2.22 bits per heavy atom. The zero-order valence-corrected chi connectivity index (χ0v) is 37.5. The van der Waals surface area contributed by atoms with E-state index in [4.69, 9.17) is 11.6 Å². The summed E-state index contributed by atoms with van der Waals surface area (Å²) in [5.74, 6) is -2.32. The number of fused-ring (bicyclic) bond motifs is 2. The zero-order valence-electron chi connectivity index (χ0n) is 35.9. The molecule has 20 heteroatoms. The number of imide groups is 2. The molecule has 7 heterocycles. The van der Waals surface area contributed by atoms with Crippen molar-refractivity contribution in [1.82, 2.24) is 38.9 Å². The molecule has 1 unspecified atom stereocenters. The summed E-state index contributed by atoms with van der Waals surface area (Å²) in [6, 6.07) is 4.58. The Balaban J connectivity index is 0.747. The third kappa shape index (κ3) is 8.24. The van der Waals surface area contributed by atoms with E-state index in [1.54, 1.807) is 4.31 Å². The molecule has 0 bridgehead atoms. The van der Waals surface area contributed by atoms with Crippen LogP contribution < -0.4 is 15.5 Å². The first-order chi connectivity index (χ1) is 30.6. The standard InChI is InChI=1S/C44H51ClF2N10O6S/c1-24(2)56-25(3)49-40-34(47)18-27(19-37(40)56)39-32(45)22-48-44(52-39)50-28-8-16-55(17-9-28)64(62,63)29-10-12-53(13-11-29)23-26-6-14-54(15-7-26)36-21-31-30(20-33(36)46)42(60)57(43(31)61)35-4-5-38(58)51-41(35)59/h18-22,24,26,28-29,35H,4-17,23H2,1-3H3,(H,48,50,52)(H,51,58,59). The summed E-state index contributed by atoms with van der Waals surface area (Å²) in [6.45, 7) is 9.82. The van der Waals surface area contributed by atoms with Crippen molar-refractivity contribution in [3.05, 3.63) is 64.1 Å². The van der Waals surface area contributed by atoms with Crippen LogP contribution in [0.5, 0.6) is 0 Å². The number of imidazole rings is 1. The van der Waals surface area contributed by atoms with Gasteiger partial charge in [0.15, 0.2) is 5.82 Å². The minimum atomic E-state index is -3.52. The first kappa shape index (κ1) is 44.1. The third-order valence-electron chi connectivity index (χ3n) is 13.5. The van der Waals surface area contributed by atoms with E-state index in [-0.39, 0.29) is 46.8 Å². The van der Waals surface area contributed by atoms with Crippen LogP contribution in [0.2, 0.25) is 5.02 Å². The number of hydrogen-bond acceptors (Lipinski definition) is 12. The summed E-state index contributed by atoms with van der Waals surface area (Å²) in [5, 5.41) is 5.34. The van der Waals surface area contributed by atoms with Crippen molar-refractivity contribution in [2.45, 2.75) is 95.5 Å². The van der Waals surface area contributed by atoms with Crippen molar-refractivity contribution in [3.63, 3.8) is 0 Å². The van der Waals surface area contributed by atoms with Gasteiger partial charge in [-0.3, -0.25) is 29.4 Å². The van der Waals surface area contributed by atoms with Crippen molar-refractivity contribution < 1.29 is 36.4 Å². The SMILES string of the molecule is Cc1nc2c(F)cc(-c3nc(NC4CCN(S(=O)(=O)C5CCN(CC6CCN(c7cc8c(cc7F)C(=O)N(C7CCC(=O)NC7=O)C8=O)CC6)CC5)CC4)ncc3Cl)cc2n1C(C)C. The molecular weight excluding hydrogens is 870 g/mol. The van der Waals surface area contributed by atoms with Crippen molar-refractivity contribution in [1.29, 1.82) is 0 Å². The van der Waals surface area contributed by atoms with Gasteiger partial charge in [-0.2, -0.15) is 0 Å². The number of amides is 4. The average molecular weight is 921 g/mol. The summed E-state index contributed by atoms with van der Waals surface area (Å²) in [5.41, 5.74) is 2.02. The van der Waals surface area contributed by atoms with Gasteiger partial charge in [0.1, 0.15) is 23.2 Å². The molecule has 0 saturated carbocycles. The highest BCUT2D eigenvalue weighted by molar-refractivity contribution is 7.89. The largest absolute Gasteiger partial charge is 0.369 e. The number of halogens is 3. The van der Waals surface area contributed by atoms with Crippen molar-refractivity contribution >= 4 is 67.9 Å². The maximum Gasteiger partial charge on any atom is 0.262 e. The molecule has 2 aromatic carbocycles. The smallest absolute Gasteiger partial charge is 0.262 e. The van der Waals surface area contributed by atoms with Crippen LogP contribution in [-0.4, -0.2) is 129 Å². The zero-order chi connectivity index (χ0) is 45.2. The van der Waals surface area contributed by atoms with Crippen molar-refractivity contribution in [2.24, 2.45) is 5.92 Å². The predicted octanol–water partition coefficient (Wildman–Crippen LogP) is 5.30. The molecule has 9 rings (SSSR count). The first-order valence-electron chi connectivity index (χ1n) is 22.1. The van der Waals surface area contributed by atoms with Gasteiger partial charge >= 0.3 is 0 Å². The second-order valence-corrected chi connectivity index (χ2v) is 20.5. The number of piperidine rings is 4. The minimum Gasteiger partial charge on any atom is -0.369 e. The normalized spacial score (nSPS) is 21.4.